The summed E-state index contributed by atoms with van der Waals surface area (Å²) in [6.45, 7) is 8.70. The lowest BCUT2D eigenvalue weighted by Gasteiger charge is -2.27. The van der Waals surface area contributed by atoms with E-state index >= 15 is 0 Å². The molecule has 2 heterocycles. The fourth-order valence-electron chi connectivity index (χ4n) is 2.81. The minimum Gasteiger partial charge on any atom is -0.331 e. The van der Waals surface area contributed by atoms with Crippen molar-refractivity contribution in [2.75, 3.05) is 18.1 Å². The van der Waals surface area contributed by atoms with E-state index in [1.54, 1.807) is 17.2 Å². The van der Waals surface area contributed by atoms with Gasteiger partial charge in [-0.2, -0.15) is 5.10 Å². The maximum atomic E-state index is 12.8. The largest absolute Gasteiger partial charge is 0.331 e. The number of amides is 1. The van der Waals surface area contributed by atoms with Gasteiger partial charge in [0.05, 0.1) is 23.3 Å². The van der Waals surface area contributed by atoms with Crippen LogP contribution in [0.2, 0.25) is 0 Å². The molecule has 22 heavy (non-hydrogen) atoms. The molecule has 1 fully saturated rings. The first-order chi connectivity index (χ1) is 10.4. The zero-order valence-corrected chi connectivity index (χ0v) is 14.0. The summed E-state index contributed by atoms with van der Waals surface area (Å²) in [6.07, 6.45) is 4.64. The van der Waals surface area contributed by atoms with Crippen molar-refractivity contribution in [1.29, 1.82) is 0 Å². The summed E-state index contributed by atoms with van der Waals surface area (Å²) in [6, 6.07) is -0.274. The van der Waals surface area contributed by atoms with E-state index in [-0.39, 0.29) is 23.5 Å². The van der Waals surface area contributed by atoms with Gasteiger partial charge >= 0.3 is 0 Å². The lowest BCUT2D eigenvalue weighted by atomic mass is 10.1. The standard InChI is InChI=1S/C15H23N3O3S/c1-4-7-17(13-6-9-22(20,21)11-13)15(19)14-10-16-18(8-5-2)12(14)3/h4,10,13H,1,5-9,11H2,2-3H3/t13-/m0/s1. The summed E-state index contributed by atoms with van der Waals surface area (Å²) in [4.78, 5) is 14.4. The molecule has 0 spiro atoms. The third kappa shape index (κ3) is 3.40. The molecule has 7 heteroatoms. The molecule has 0 unspecified atom stereocenters. The van der Waals surface area contributed by atoms with Gasteiger partial charge in [0.1, 0.15) is 0 Å². The number of hydrogen-bond donors (Lipinski definition) is 0. The molecule has 1 atom stereocenters. The van der Waals surface area contributed by atoms with Crippen molar-refractivity contribution >= 4 is 15.7 Å². The SMILES string of the molecule is C=CCN(C(=O)c1cnn(CCC)c1C)[C@H]1CCS(=O)(=O)C1. The van der Waals surface area contributed by atoms with E-state index < -0.39 is 9.84 Å². The molecular formula is C15H23N3O3S. The maximum absolute atomic E-state index is 12.8. The third-order valence-electron chi connectivity index (χ3n) is 4.00. The Kier molecular flexibility index (Phi) is 5.05. The molecule has 1 amide bonds. The Morgan fingerprint density at radius 1 is 1.59 bits per heavy atom. The Balaban J connectivity index is 2.25. The summed E-state index contributed by atoms with van der Waals surface area (Å²) in [5, 5.41) is 4.25. The van der Waals surface area contributed by atoms with Crippen molar-refractivity contribution in [3.05, 3.63) is 30.1 Å². The zero-order valence-electron chi connectivity index (χ0n) is 13.2. The first kappa shape index (κ1) is 16.7. The Morgan fingerprint density at radius 2 is 2.32 bits per heavy atom. The maximum Gasteiger partial charge on any atom is 0.257 e. The summed E-state index contributed by atoms with van der Waals surface area (Å²) in [7, 11) is -3.04. The van der Waals surface area contributed by atoms with Gasteiger partial charge in [-0.15, -0.1) is 6.58 Å². The van der Waals surface area contributed by atoms with Gasteiger partial charge in [-0.25, -0.2) is 8.42 Å². The second-order valence-corrected chi connectivity index (χ2v) is 7.90. The van der Waals surface area contributed by atoms with Crippen LogP contribution in [0.5, 0.6) is 0 Å². The smallest absolute Gasteiger partial charge is 0.257 e. The highest BCUT2D eigenvalue weighted by Gasteiger charge is 2.35. The van der Waals surface area contributed by atoms with Crippen molar-refractivity contribution in [3.63, 3.8) is 0 Å². The highest BCUT2D eigenvalue weighted by molar-refractivity contribution is 7.91. The van der Waals surface area contributed by atoms with Crippen molar-refractivity contribution in [3.8, 4) is 0 Å². The van der Waals surface area contributed by atoms with Gasteiger partial charge in [0.15, 0.2) is 9.84 Å². The van der Waals surface area contributed by atoms with E-state index in [1.807, 2.05) is 11.6 Å². The molecule has 6 nitrogen and oxygen atoms in total. The molecule has 2 rings (SSSR count). The number of carbonyl (C=O) groups is 1. The van der Waals surface area contributed by atoms with Crippen LogP contribution in [0.15, 0.2) is 18.9 Å². The zero-order chi connectivity index (χ0) is 16.3. The highest BCUT2D eigenvalue weighted by Crippen LogP contribution is 2.21. The predicted molar refractivity (Wildman–Crippen MR) is 85.5 cm³/mol. The summed E-state index contributed by atoms with van der Waals surface area (Å²) >= 11 is 0. The quantitative estimate of drug-likeness (QED) is 0.742. The van der Waals surface area contributed by atoms with E-state index in [0.29, 0.717) is 18.5 Å². The number of aryl methyl sites for hydroxylation is 1. The summed E-state index contributed by atoms with van der Waals surface area (Å²) in [5.74, 6) is 0.0170. The normalized spacial score (nSPS) is 20.0. The topological polar surface area (TPSA) is 72.3 Å². The molecule has 1 aromatic heterocycles. The molecular weight excluding hydrogens is 302 g/mol. The van der Waals surface area contributed by atoms with Gasteiger partial charge in [-0.05, 0) is 19.8 Å². The summed E-state index contributed by atoms with van der Waals surface area (Å²) in [5.41, 5.74) is 1.36. The fourth-order valence-corrected chi connectivity index (χ4v) is 4.54. The van der Waals surface area contributed by atoms with Crippen molar-refractivity contribution in [2.24, 2.45) is 0 Å². The van der Waals surface area contributed by atoms with E-state index in [0.717, 1.165) is 18.7 Å². The first-order valence-corrected chi connectivity index (χ1v) is 9.36. The van der Waals surface area contributed by atoms with E-state index in [1.165, 1.54) is 0 Å². The van der Waals surface area contributed by atoms with Gasteiger partial charge in [0.25, 0.3) is 5.91 Å². The Bertz CT molecular complexity index is 664. The van der Waals surface area contributed by atoms with Gasteiger partial charge < -0.3 is 4.90 Å². The Morgan fingerprint density at radius 3 is 2.86 bits per heavy atom. The Labute approximate surface area is 131 Å². The molecule has 1 aliphatic heterocycles. The van der Waals surface area contributed by atoms with E-state index in [9.17, 15) is 13.2 Å². The molecule has 0 aromatic carbocycles. The van der Waals surface area contributed by atoms with Crippen LogP contribution < -0.4 is 0 Å². The van der Waals surface area contributed by atoms with Crippen LogP contribution in [0.25, 0.3) is 0 Å². The minimum absolute atomic E-state index is 0.0364. The van der Waals surface area contributed by atoms with Gasteiger partial charge in [-0.1, -0.05) is 13.0 Å². The third-order valence-corrected chi connectivity index (χ3v) is 5.76. The van der Waals surface area contributed by atoms with Crippen molar-refractivity contribution < 1.29 is 13.2 Å². The molecule has 0 saturated carbocycles. The molecule has 0 aliphatic carbocycles. The molecule has 0 N–H and O–H groups in total. The fraction of sp³-hybridized carbons (Fsp3) is 0.600. The van der Waals surface area contributed by atoms with Crippen molar-refractivity contribution in [2.45, 2.75) is 39.3 Å². The van der Waals surface area contributed by atoms with Crippen LogP contribution in [-0.2, 0) is 16.4 Å². The second-order valence-electron chi connectivity index (χ2n) is 5.67. The number of sulfone groups is 1. The van der Waals surface area contributed by atoms with Crippen molar-refractivity contribution in [1.82, 2.24) is 14.7 Å². The number of aromatic nitrogens is 2. The lowest BCUT2D eigenvalue weighted by molar-refractivity contribution is 0.0719. The van der Waals surface area contributed by atoms with Crippen LogP contribution in [0.3, 0.4) is 0 Å². The number of carbonyl (C=O) groups excluding carboxylic acids is 1. The first-order valence-electron chi connectivity index (χ1n) is 7.54. The molecule has 1 saturated heterocycles. The predicted octanol–water partition coefficient (Wildman–Crippen LogP) is 1.42. The van der Waals surface area contributed by atoms with Crippen LogP contribution >= 0.6 is 0 Å². The van der Waals surface area contributed by atoms with E-state index in [4.69, 9.17) is 0 Å². The lowest BCUT2D eigenvalue weighted by Crippen LogP contribution is -2.41. The second kappa shape index (κ2) is 6.64. The Hall–Kier alpha value is -1.63. The summed E-state index contributed by atoms with van der Waals surface area (Å²) < 4.78 is 25.2. The van der Waals surface area contributed by atoms with Crippen LogP contribution in [-0.4, -0.2) is 53.1 Å². The van der Waals surface area contributed by atoms with Gasteiger partial charge in [0.2, 0.25) is 0 Å². The minimum atomic E-state index is -3.04. The molecule has 1 aromatic rings. The van der Waals surface area contributed by atoms with Crippen LogP contribution in [0, 0.1) is 6.92 Å². The molecule has 0 bridgehead atoms. The number of nitrogens with zero attached hydrogens (tertiary/aromatic N) is 3. The monoisotopic (exact) mass is 325 g/mol. The van der Waals surface area contributed by atoms with Crippen LogP contribution in [0.1, 0.15) is 35.8 Å². The molecule has 1 aliphatic rings. The number of rotatable bonds is 6. The average molecular weight is 325 g/mol. The molecule has 122 valence electrons. The van der Waals surface area contributed by atoms with Crippen LogP contribution in [0.4, 0.5) is 0 Å². The van der Waals surface area contributed by atoms with Gasteiger partial charge in [-0.3, -0.25) is 9.48 Å². The highest BCUT2D eigenvalue weighted by atomic mass is 32.2. The number of hydrogen-bond acceptors (Lipinski definition) is 4. The molecule has 0 radical (unpaired) electrons. The van der Waals surface area contributed by atoms with E-state index in [2.05, 4.69) is 18.6 Å². The van der Waals surface area contributed by atoms with Gasteiger partial charge in [0, 0.05) is 24.8 Å². The average Bonchev–Trinajstić information content (AvgIpc) is 3.00.